The van der Waals surface area contributed by atoms with Gasteiger partial charge in [-0.3, -0.25) is 4.68 Å². The van der Waals surface area contributed by atoms with Crippen molar-refractivity contribution in [2.75, 3.05) is 0 Å². The Balaban J connectivity index is 2.41. The molecule has 1 unspecified atom stereocenters. The van der Waals surface area contributed by atoms with Crippen molar-refractivity contribution in [1.29, 1.82) is 0 Å². The summed E-state index contributed by atoms with van der Waals surface area (Å²) in [5, 5.41) is 14.1. The molecule has 2 aromatic rings. The van der Waals surface area contributed by atoms with Crippen LogP contribution in [0.25, 0.3) is 0 Å². The van der Waals surface area contributed by atoms with E-state index >= 15 is 0 Å². The first-order valence-corrected chi connectivity index (χ1v) is 5.78. The Morgan fingerprint density at radius 3 is 2.75 bits per heavy atom. The van der Waals surface area contributed by atoms with E-state index in [-0.39, 0.29) is 5.82 Å². The van der Waals surface area contributed by atoms with Gasteiger partial charge >= 0.3 is 0 Å². The first-order valence-electron chi connectivity index (χ1n) is 4.70. The number of hydrogen-bond acceptors (Lipinski definition) is 2. The average molecular weight is 332 g/mol. The molecule has 1 aromatic heterocycles. The van der Waals surface area contributed by atoms with Crippen LogP contribution in [0.3, 0.4) is 0 Å². The van der Waals surface area contributed by atoms with Crippen molar-refractivity contribution >= 4 is 22.6 Å². The molecule has 0 saturated carbocycles. The number of nitrogens with zero attached hydrogens (tertiary/aromatic N) is 2. The number of hydrogen-bond donors (Lipinski definition) is 1. The van der Waals surface area contributed by atoms with E-state index in [2.05, 4.69) is 5.10 Å². The number of halogens is 2. The molecule has 0 bridgehead atoms. The Labute approximate surface area is 106 Å². The van der Waals surface area contributed by atoms with Gasteiger partial charge in [-0.25, -0.2) is 4.39 Å². The molecule has 0 saturated heterocycles. The lowest BCUT2D eigenvalue weighted by molar-refractivity contribution is 0.209. The van der Waals surface area contributed by atoms with Crippen LogP contribution < -0.4 is 0 Å². The summed E-state index contributed by atoms with van der Waals surface area (Å²) in [5.74, 6) is -0.301. The van der Waals surface area contributed by atoms with Gasteiger partial charge in [0.25, 0.3) is 0 Å². The van der Waals surface area contributed by atoms with Crippen LogP contribution in [-0.2, 0) is 7.05 Å². The van der Waals surface area contributed by atoms with Crippen LogP contribution in [0.4, 0.5) is 4.39 Å². The van der Waals surface area contributed by atoms with Gasteiger partial charge < -0.3 is 5.11 Å². The summed E-state index contributed by atoms with van der Waals surface area (Å²) in [6, 6.07) is 6.07. The summed E-state index contributed by atoms with van der Waals surface area (Å²) < 4.78 is 15.2. The quantitative estimate of drug-likeness (QED) is 0.857. The van der Waals surface area contributed by atoms with E-state index in [0.29, 0.717) is 14.8 Å². The maximum atomic E-state index is 12.9. The van der Waals surface area contributed by atoms with Gasteiger partial charge in [0.2, 0.25) is 0 Å². The van der Waals surface area contributed by atoms with Crippen LogP contribution in [0.1, 0.15) is 17.4 Å². The standard InChI is InChI=1S/C11H10FIN2O/c1-15-10(4-5-14-15)11(16)8-3-2-7(12)6-9(8)13/h2-6,11,16H,1H3. The van der Waals surface area contributed by atoms with Crippen molar-refractivity contribution in [3.63, 3.8) is 0 Å². The molecule has 2 rings (SSSR count). The molecule has 1 aromatic carbocycles. The van der Waals surface area contributed by atoms with Gasteiger partial charge in [-0.05, 0) is 40.8 Å². The van der Waals surface area contributed by atoms with Crippen LogP contribution in [0.15, 0.2) is 30.5 Å². The van der Waals surface area contributed by atoms with E-state index < -0.39 is 6.10 Å². The minimum atomic E-state index is -0.778. The van der Waals surface area contributed by atoms with E-state index in [9.17, 15) is 9.50 Å². The lowest BCUT2D eigenvalue weighted by atomic mass is 10.1. The average Bonchev–Trinajstić information content (AvgIpc) is 2.63. The molecule has 3 nitrogen and oxygen atoms in total. The van der Waals surface area contributed by atoms with Crippen molar-refractivity contribution in [3.8, 4) is 0 Å². The molecular formula is C11H10FIN2O. The molecule has 0 aliphatic heterocycles. The molecule has 0 fully saturated rings. The van der Waals surface area contributed by atoms with Crippen LogP contribution in [0, 0.1) is 9.39 Å². The SMILES string of the molecule is Cn1nccc1C(O)c1ccc(F)cc1I. The normalized spacial score (nSPS) is 12.8. The zero-order valence-corrected chi connectivity index (χ0v) is 10.7. The third kappa shape index (κ3) is 2.10. The fourth-order valence-electron chi connectivity index (χ4n) is 1.53. The molecule has 0 spiro atoms. The van der Waals surface area contributed by atoms with E-state index in [4.69, 9.17) is 0 Å². The van der Waals surface area contributed by atoms with Gasteiger partial charge in [-0.2, -0.15) is 5.10 Å². The minimum Gasteiger partial charge on any atom is -0.382 e. The molecule has 0 amide bonds. The van der Waals surface area contributed by atoms with Crippen LogP contribution >= 0.6 is 22.6 Å². The highest BCUT2D eigenvalue weighted by Crippen LogP contribution is 2.26. The van der Waals surface area contributed by atoms with Crippen molar-refractivity contribution < 1.29 is 9.50 Å². The van der Waals surface area contributed by atoms with Crippen molar-refractivity contribution in [2.45, 2.75) is 6.10 Å². The number of aryl methyl sites for hydroxylation is 1. The summed E-state index contributed by atoms with van der Waals surface area (Å²) >= 11 is 2.01. The smallest absolute Gasteiger partial charge is 0.124 e. The van der Waals surface area contributed by atoms with E-state index in [1.807, 2.05) is 22.6 Å². The van der Waals surface area contributed by atoms with E-state index in [1.165, 1.54) is 12.1 Å². The number of aliphatic hydroxyl groups excluding tert-OH is 1. The molecule has 0 aliphatic rings. The Bertz CT molecular complexity index is 512. The number of aromatic nitrogens is 2. The minimum absolute atomic E-state index is 0.301. The molecule has 1 atom stereocenters. The van der Waals surface area contributed by atoms with Crippen molar-refractivity contribution in [3.05, 3.63) is 51.1 Å². The van der Waals surface area contributed by atoms with Crippen molar-refractivity contribution in [2.24, 2.45) is 7.05 Å². The van der Waals surface area contributed by atoms with Crippen LogP contribution in [0.2, 0.25) is 0 Å². The molecule has 1 heterocycles. The predicted molar refractivity (Wildman–Crippen MR) is 66.4 cm³/mol. The summed E-state index contributed by atoms with van der Waals surface area (Å²) in [5.41, 5.74) is 1.37. The lowest BCUT2D eigenvalue weighted by Crippen LogP contribution is -2.08. The highest BCUT2D eigenvalue weighted by molar-refractivity contribution is 14.1. The number of benzene rings is 1. The molecule has 84 valence electrons. The first-order chi connectivity index (χ1) is 7.59. The van der Waals surface area contributed by atoms with E-state index in [1.54, 1.807) is 30.1 Å². The monoisotopic (exact) mass is 332 g/mol. The van der Waals surface area contributed by atoms with Crippen molar-refractivity contribution in [1.82, 2.24) is 9.78 Å². The van der Waals surface area contributed by atoms with E-state index in [0.717, 1.165) is 0 Å². The van der Waals surface area contributed by atoms with Gasteiger partial charge in [-0.1, -0.05) is 6.07 Å². The van der Waals surface area contributed by atoms with Gasteiger partial charge in [0, 0.05) is 22.4 Å². The Kier molecular flexibility index (Phi) is 3.25. The van der Waals surface area contributed by atoms with Crippen LogP contribution in [0.5, 0.6) is 0 Å². The van der Waals surface area contributed by atoms with Gasteiger partial charge in [0.05, 0.1) is 5.69 Å². The topological polar surface area (TPSA) is 38.0 Å². The fourth-order valence-corrected chi connectivity index (χ4v) is 2.31. The summed E-state index contributed by atoms with van der Waals surface area (Å²) in [6.07, 6.45) is 0.842. The molecule has 1 N–H and O–H groups in total. The second-order valence-corrected chi connectivity index (χ2v) is 4.61. The fraction of sp³-hybridized carbons (Fsp3) is 0.182. The Morgan fingerprint density at radius 2 is 2.19 bits per heavy atom. The molecule has 0 aliphatic carbocycles. The molecular weight excluding hydrogens is 322 g/mol. The Morgan fingerprint density at radius 1 is 1.44 bits per heavy atom. The zero-order chi connectivity index (χ0) is 11.7. The molecule has 5 heteroatoms. The Hall–Kier alpha value is -0.950. The maximum absolute atomic E-state index is 12.9. The summed E-state index contributed by atoms with van der Waals surface area (Å²) in [7, 11) is 1.76. The van der Waals surface area contributed by atoms with Crippen LogP contribution in [-0.4, -0.2) is 14.9 Å². The zero-order valence-electron chi connectivity index (χ0n) is 8.56. The second-order valence-electron chi connectivity index (χ2n) is 3.45. The largest absolute Gasteiger partial charge is 0.382 e. The lowest BCUT2D eigenvalue weighted by Gasteiger charge is -2.13. The first kappa shape index (κ1) is 11.5. The number of aliphatic hydroxyl groups is 1. The molecule has 16 heavy (non-hydrogen) atoms. The predicted octanol–water partition coefficient (Wildman–Crippen LogP) is 2.25. The van der Waals surface area contributed by atoms with Gasteiger partial charge in [-0.15, -0.1) is 0 Å². The number of rotatable bonds is 2. The molecule has 0 radical (unpaired) electrons. The van der Waals surface area contributed by atoms with Gasteiger partial charge in [0.15, 0.2) is 0 Å². The summed E-state index contributed by atoms with van der Waals surface area (Å²) in [6.45, 7) is 0. The summed E-state index contributed by atoms with van der Waals surface area (Å²) in [4.78, 5) is 0. The third-order valence-corrected chi connectivity index (χ3v) is 3.33. The maximum Gasteiger partial charge on any atom is 0.124 e. The third-order valence-electron chi connectivity index (χ3n) is 2.40. The highest BCUT2D eigenvalue weighted by Gasteiger charge is 2.16. The second kappa shape index (κ2) is 4.50. The highest BCUT2D eigenvalue weighted by atomic mass is 127. The van der Waals surface area contributed by atoms with Gasteiger partial charge in [0.1, 0.15) is 11.9 Å².